The molecule has 1 N–H and O–H groups in total. The monoisotopic (exact) mass is 293 g/mol. The predicted molar refractivity (Wildman–Crippen MR) is 72.9 cm³/mol. The van der Waals surface area contributed by atoms with Crippen molar-refractivity contribution in [1.29, 1.82) is 0 Å². The van der Waals surface area contributed by atoms with E-state index in [-0.39, 0.29) is 24.2 Å². The van der Waals surface area contributed by atoms with Crippen LogP contribution in [0.3, 0.4) is 0 Å². The van der Waals surface area contributed by atoms with Crippen molar-refractivity contribution in [3.05, 3.63) is 52.1 Å². The van der Waals surface area contributed by atoms with Crippen LogP contribution in [-0.2, 0) is 24.8 Å². The molecular formula is C14H13ClFN3O. The smallest absolute Gasteiger partial charge is 0.228 e. The van der Waals surface area contributed by atoms with Crippen LogP contribution in [0.25, 0.3) is 0 Å². The third kappa shape index (κ3) is 2.29. The lowest BCUT2D eigenvalue weighted by molar-refractivity contribution is -0.123. The fraction of sp³-hybridized carbons (Fsp3) is 0.286. The number of hydrogen-bond donors (Lipinski definition) is 1. The summed E-state index contributed by atoms with van der Waals surface area (Å²) in [6, 6.07) is 4.57. The Balaban J connectivity index is 1.65. The molecule has 0 saturated carbocycles. The van der Waals surface area contributed by atoms with Gasteiger partial charge in [0.2, 0.25) is 5.91 Å². The van der Waals surface area contributed by atoms with Crippen molar-refractivity contribution in [2.24, 2.45) is 7.05 Å². The molecule has 2 aromatic rings. The lowest BCUT2D eigenvalue weighted by Crippen LogP contribution is -2.35. The van der Waals surface area contributed by atoms with Crippen LogP contribution in [0, 0.1) is 5.82 Å². The van der Waals surface area contributed by atoms with Crippen molar-refractivity contribution in [2.75, 3.05) is 0 Å². The number of aromatic nitrogens is 2. The molecule has 6 heteroatoms. The maximum atomic E-state index is 13.2. The van der Waals surface area contributed by atoms with E-state index >= 15 is 0 Å². The molecule has 1 amide bonds. The molecule has 1 aromatic carbocycles. The van der Waals surface area contributed by atoms with E-state index in [1.54, 1.807) is 24.0 Å². The number of hydrogen-bond acceptors (Lipinski definition) is 2. The first kappa shape index (κ1) is 13.1. The van der Waals surface area contributed by atoms with Crippen molar-refractivity contribution in [3.8, 4) is 0 Å². The van der Waals surface area contributed by atoms with E-state index in [9.17, 15) is 9.18 Å². The molecular weight excluding hydrogens is 281 g/mol. The molecule has 104 valence electrons. The quantitative estimate of drug-likeness (QED) is 0.943. The number of nitrogens with zero attached hydrogens (tertiary/aromatic N) is 2. The van der Waals surface area contributed by atoms with Gasteiger partial charge in [-0.3, -0.25) is 9.48 Å². The van der Waals surface area contributed by atoms with Gasteiger partial charge in [-0.25, -0.2) is 4.39 Å². The van der Waals surface area contributed by atoms with Gasteiger partial charge >= 0.3 is 0 Å². The first-order chi connectivity index (χ1) is 9.54. The van der Waals surface area contributed by atoms with E-state index in [0.29, 0.717) is 17.1 Å². The van der Waals surface area contributed by atoms with E-state index in [2.05, 4.69) is 10.4 Å². The van der Waals surface area contributed by atoms with Crippen molar-refractivity contribution in [2.45, 2.75) is 18.9 Å². The number of fused-ring (bicyclic) bond motifs is 1. The van der Waals surface area contributed by atoms with Gasteiger partial charge in [-0.15, -0.1) is 0 Å². The summed E-state index contributed by atoms with van der Waals surface area (Å²) in [4.78, 5) is 12.1. The molecule has 1 atom stereocenters. The Bertz CT molecular complexity index is 683. The zero-order chi connectivity index (χ0) is 14.3. The average Bonchev–Trinajstić information content (AvgIpc) is 2.69. The summed E-state index contributed by atoms with van der Waals surface area (Å²) in [5, 5.41) is 7.47. The average molecular weight is 294 g/mol. The van der Waals surface area contributed by atoms with Crippen molar-refractivity contribution in [1.82, 2.24) is 15.1 Å². The van der Waals surface area contributed by atoms with E-state index in [1.165, 1.54) is 12.1 Å². The number of rotatable bonds is 3. The summed E-state index contributed by atoms with van der Waals surface area (Å²) in [6.07, 6.45) is 2.33. The van der Waals surface area contributed by atoms with Crippen LogP contribution in [0.5, 0.6) is 0 Å². The second-order valence-corrected chi connectivity index (χ2v) is 5.32. The van der Waals surface area contributed by atoms with Crippen LogP contribution in [-0.4, -0.2) is 15.7 Å². The highest BCUT2D eigenvalue weighted by Crippen LogP contribution is 2.35. The van der Waals surface area contributed by atoms with Gasteiger partial charge in [0.25, 0.3) is 0 Å². The third-order valence-corrected chi connectivity index (χ3v) is 3.82. The van der Waals surface area contributed by atoms with Crippen LogP contribution in [0.2, 0.25) is 5.02 Å². The normalized spacial score (nSPS) is 16.4. The van der Waals surface area contributed by atoms with E-state index in [0.717, 1.165) is 11.1 Å². The van der Waals surface area contributed by atoms with E-state index < -0.39 is 0 Å². The van der Waals surface area contributed by atoms with Gasteiger partial charge in [-0.1, -0.05) is 17.7 Å². The SMILES string of the molecule is Cn1cc(Cl)c(CNC(=O)C2Cc3ccc(F)cc32)n1. The topological polar surface area (TPSA) is 46.9 Å². The maximum Gasteiger partial charge on any atom is 0.228 e. The fourth-order valence-electron chi connectivity index (χ4n) is 2.43. The molecule has 0 saturated heterocycles. The summed E-state index contributed by atoms with van der Waals surface area (Å²) in [6.45, 7) is 0.277. The summed E-state index contributed by atoms with van der Waals surface area (Å²) in [5.74, 6) is -0.706. The number of nitrogens with one attached hydrogen (secondary N) is 1. The lowest BCUT2D eigenvalue weighted by atomic mass is 9.77. The van der Waals surface area contributed by atoms with E-state index in [4.69, 9.17) is 11.6 Å². The molecule has 1 aromatic heterocycles. The highest BCUT2D eigenvalue weighted by atomic mass is 35.5. The number of halogens is 2. The number of carbonyl (C=O) groups excluding carboxylic acids is 1. The van der Waals surface area contributed by atoms with Crippen molar-refractivity contribution >= 4 is 17.5 Å². The predicted octanol–water partition coefficient (Wildman–Crippen LogP) is 2.17. The van der Waals surface area contributed by atoms with Crippen LogP contribution in [0.4, 0.5) is 4.39 Å². The van der Waals surface area contributed by atoms with Gasteiger partial charge in [0.1, 0.15) is 11.5 Å². The Labute approximate surface area is 120 Å². The van der Waals surface area contributed by atoms with Gasteiger partial charge in [0.15, 0.2) is 0 Å². The molecule has 4 nitrogen and oxygen atoms in total. The van der Waals surface area contributed by atoms with Gasteiger partial charge in [-0.2, -0.15) is 5.10 Å². The van der Waals surface area contributed by atoms with Gasteiger partial charge in [0, 0.05) is 13.2 Å². The van der Waals surface area contributed by atoms with E-state index in [1.807, 2.05) is 0 Å². The maximum absolute atomic E-state index is 13.2. The Hall–Kier alpha value is -1.88. The van der Waals surface area contributed by atoms with Gasteiger partial charge < -0.3 is 5.32 Å². The molecule has 0 fully saturated rings. The Morgan fingerprint density at radius 3 is 3.10 bits per heavy atom. The number of carbonyl (C=O) groups is 1. The van der Waals surface area contributed by atoms with Crippen LogP contribution < -0.4 is 5.32 Å². The summed E-state index contributed by atoms with van der Waals surface area (Å²) >= 11 is 5.97. The minimum Gasteiger partial charge on any atom is -0.350 e. The number of amides is 1. The van der Waals surface area contributed by atoms with Crippen molar-refractivity contribution < 1.29 is 9.18 Å². The standard InChI is InChI=1S/C14H13ClFN3O/c1-19-7-12(15)13(18-19)6-17-14(20)11-4-8-2-3-9(16)5-10(8)11/h2-3,5,7,11H,4,6H2,1H3,(H,17,20). The second kappa shape index (κ2) is 4.90. The molecule has 0 bridgehead atoms. The first-order valence-corrected chi connectivity index (χ1v) is 6.66. The minimum absolute atomic E-state index is 0.121. The molecule has 1 unspecified atom stereocenters. The Morgan fingerprint density at radius 2 is 2.40 bits per heavy atom. The molecule has 20 heavy (non-hydrogen) atoms. The summed E-state index contributed by atoms with van der Waals surface area (Å²) < 4.78 is 14.8. The number of benzene rings is 1. The lowest BCUT2D eigenvalue weighted by Gasteiger charge is -2.28. The molecule has 3 rings (SSSR count). The molecule has 0 spiro atoms. The molecule has 1 aliphatic rings. The van der Waals surface area contributed by atoms with Crippen LogP contribution >= 0.6 is 11.6 Å². The number of aryl methyl sites for hydroxylation is 1. The zero-order valence-corrected chi connectivity index (χ0v) is 11.6. The molecule has 0 aliphatic heterocycles. The summed E-state index contributed by atoms with van der Waals surface area (Å²) in [5.41, 5.74) is 2.43. The van der Waals surface area contributed by atoms with Crippen molar-refractivity contribution in [3.63, 3.8) is 0 Å². The fourth-order valence-corrected chi connectivity index (χ4v) is 2.67. The highest BCUT2D eigenvalue weighted by Gasteiger charge is 2.32. The first-order valence-electron chi connectivity index (χ1n) is 6.28. The summed E-state index contributed by atoms with van der Waals surface area (Å²) in [7, 11) is 1.77. The molecule has 0 radical (unpaired) electrons. The molecule has 1 heterocycles. The van der Waals surface area contributed by atoms with Crippen LogP contribution in [0.1, 0.15) is 22.7 Å². The second-order valence-electron chi connectivity index (χ2n) is 4.92. The van der Waals surface area contributed by atoms with Gasteiger partial charge in [-0.05, 0) is 29.7 Å². The van der Waals surface area contributed by atoms with Crippen LogP contribution in [0.15, 0.2) is 24.4 Å². The minimum atomic E-state index is -0.311. The Kier molecular flexibility index (Phi) is 3.22. The van der Waals surface area contributed by atoms with Gasteiger partial charge in [0.05, 0.1) is 17.5 Å². The zero-order valence-electron chi connectivity index (χ0n) is 10.9. The third-order valence-electron chi connectivity index (χ3n) is 3.51. The Morgan fingerprint density at radius 1 is 1.60 bits per heavy atom. The largest absolute Gasteiger partial charge is 0.350 e. The highest BCUT2D eigenvalue weighted by molar-refractivity contribution is 6.31. The molecule has 1 aliphatic carbocycles.